The average Bonchev–Trinajstić information content (AvgIpc) is 1.87. The molecule has 0 aliphatic rings. The largest absolute Gasteiger partial charge is 0.113 e. The third kappa shape index (κ3) is 3.81. The molecule has 0 rings (SSSR count). The zero-order chi connectivity index (χ0) is 6.62. The molecule has 0 N–H and O–H groups in total. The van der Waals surface area contributed by atoms with E-state index in [0.717, 1.165) is 0 Å². The van der Waals surface area contributed by atoms with Crippen molar-refractivity contribution in [3.63, 3.8) is 0 Å². The molecule has 0 amide bonds. The van der Waals surface area contributed by atoms with Crippen molar-refractivity contribution in [2.24, 2.45) is 0 Å². The van der Waals surface area contributed by atoms with Crippen molar-refractivity contribution in [2.75, 3.05) is 18.5 Å². The monoisotopic (exact) mass is 148 g/mol. The van der Waals surface area contributed by atoms with Crippen LogP contribution in [-0.4, -0.2) is 24.8 Å². The van der Waals surface area contributed by atoms with Crippen LogP contribution >= 0.6 is 6.89 Å². The molecular formula is C8H21P. The zero-order valence-electron chi connectivity index (χ0n) is 6.28. The van der Waals surface area contributed by atoms with Gasteiger partial charge in [-0.25, -0.2) is 0 Å². The minimum atomic E-state index is -0.662. The van der Waals surface area contributed by atoms with Crippen LogP contribution in [0.5, 0.6) is 0 Å². The van der Waals surface area contributed by atoms with E-state index in [0.29, 0.717) is 0 Å². The van der Waals surface area contributed by atoms with Gasteiger partial charge in [0, 0.05) is 0 Å². The van der Waals surface area contributed by atoms with Gasteiger partial charge in [-0.3, -0.25) is 0 Å². The molecule has 58 valence electrons. The van der Waals surface area contributed by atoms with Gasteiger partial charge in [0.05, 0.1) is 0 Å². The van der Waals surface area contributed by atoms with Gasteiger partial charge in [0.2, 0.25) is 0 Å². The molecule has 9 heavy (non-hydrogen) atoms. The van der Waals surface area contributed by atoms with Crippen molar-refractivity contribution in [3.8, 4) is 0 Å². The second-order valence-electron chi connectivity index (χ2n) is 2.29. The molecule has 0 fully saturated rings. The number of hydrogen-bond acceptors (Lipinski definition) is 0. The van der Waals surface area contributed by atoms with Crippen molar-refractivity contribution in [3.05, 3.63) is 0 Å². The van der Waals surface area contributed by atoms with Gasteiger partial charge in [0.15, 0.2) is 0 Å². The molecule has 0 bridgehead atoms. The molecule has 0 nitrogen and oxygen atoms in total. The summed E-state index contributed by atoms with van der Waals surface area (Å²) in [4.78, 5) is 0. The topological polar surface area (TPSA) is 0 Å². The molecule has 0 aliphatic heterocycles. The third-order valence-electron chi connectivity index (χ3n) is 2.01. The fraction of sp³-hybridized carbons (Fsp3) is 0.875. The predicted octanol–water partition coefficient (Wildman–Crippen LogP) is 3.13. The normalized spacial score (nSPS) is 10.6. The standard InChI is InChI=1S/C7H17P.CH4/c1-5-8(4,6-2)7-3;/h4-7H2,1-3H3;1H4. The summed E-state index contributed by atoms with van der Waals surface area (Å²) in [5.41, 5.74) is 0. The summed E-state index contributed by atoms with van der Waals surface area (Å²) in [6.07, 6.45) is 8.19. The Hall–Kier alpha value is 0.300. The van der Waals surface area contributed by atoms with E-state index in [2.05, 4.69) is 27.1 Å². The maximum atomic E-state index is 4.24. The Bertz CT molecular complexity index is 75.7. The van der Waals surface area contributed by atoms with Gasteiger partial charge in [-0.2, -0.15) is 0 Å². The maximum absolute atomic E-state index is 4.24. The van der Waals surface area contributed by atoms with Crippen LogP contribution in [0.4, 0.5) is 0 Å². The van der Waals surface area contributed by atoms with E-state index < -0.39 is 6.89 Å². The van der Waals surface area contributed by atoms with E-state index in [9.17, 15) is 0 Å². The van der Waals surface area contributed by atoms with Gasteiger partial charge in [0.25, 0.3) is 0 Å². The van der Waals surface area contributed by atoms with E-state index in [1.807, 2.05) is 0 Å². The van der Waals surface area contributed by atoms with Crippen LogP contribution < -0.4 is 0 Å². The molecule has 0 spiro atoms. The molecule has 0 aromatic heterocycles. The van der Waals surface area contributed by atoms with Crippen LogP contribution in [0.1, 0.15) is 28.2 Å². The Balaban J connectivity index is 0. The molecule has 0 aliphatic carbocycles. The Kier molecular flexibility index (Phi) is 6.83. The molecule has 0 saturated heterocycles. The second kappa shape index (κ2) is 5.11. The summed E-state index contributed by atoms with van der Waals surface area (Å²) in [5.74, 6) is 0. The summed E-state index contributed by atoms with van der Waals surface area (Å²) >= 11 is 0. The number of rotatable bonds is 3. The highest BCUT2D eigenvalue weighted by molar-refractivity contribution is 7.73. The molecule has 0 aromatic carbocycles. The van der Waals surface area contributed by atoms with E-state index in [4.69, 9.17) is 0 Å². The smallest absolute Gasteiger partial charge is 0.0361 e. The highest BCUT2D eigenvalue weighted by Crippen LogP contribution is 2.42. The second-order valence-corrected chi connectivity index (χ2v) is 6.87. The molecule has 0 radical (unpaired) electrons. The molecule has 0 atom stereocenters. The zero-order valence-corrected chi connectivity index (χ0v) is 7.17. The van der Waals surface area contributed by atoms with Gasteiger partial charge in [-0.1, -0.05) is 28.2 Å². The Morgan fingerprint density at radius 1 is 1.00 bits per heavy atom. The van der Waals surface area contributed by atoms with Crippen LogP contribution in [-0.2, 0) is 0 Å². The number of hydrogen-bond donors (Lipinski definition) is 0. The van der Waals surface area contributed by atoms with Crippen molar-refractivity contribution in [1.29, 1.82) is 0 Å². The third-order valence-corrected chi connectivity index (χ3v) is 6.04. The minimum Gasteiger partial charge on any atom is -0.113 e. The lowest BCUT2D eigenvalue weighted by molar-refractivity contribution is 1.34. The highest BCUT2D eigenvalue weighted by Gasteiger charge is 2.03. The first kappa shape index (κ1) is 12.0. The molecular weight excluding hydrogens is 127 g/mol. The Labute approximate surface area is 60.6 Å². The summed E-state index contributed by atoms with van der Waals surface area (Å²) in [5, 5.41) is 0. The van der Waals surface area contributed by atoms with E-state index in [1.54, 1.807) is 0 Å². The van der Waals surface area contributed by atoms with Crippen LogP contribution in [0.3, 0.4) is 0 Å². The lowest BCUT2D eigenvalue weighted by Crippen LogP contribution is -1.91. The predicted molar refractivity (Wildman–Crippen MR) is 52.4 cm³/mol. The van der Waals surface area contributed by atoms with Crippen LogP contribution in [0.15, 0.2) is 0 Å². The van der Waals surface area contributed by atoms with Crippen LogP contribution in [0.2, 0.25) is 0 Å². The fourth-order valence-corrected chi connectivity index (χ4v) is 2.01. The molecule has 0 unspecified atom stereocenters. The summed E-state index contributed by atoms with van der Waals surface area (Å²) in [7, 11) is 0. The average molecular weight is 148 g/mol. The van der Waals surface area contributed by atoms with Gasteiger partial charge < -0.3 is 0 Å². The Morgan fingerprint density at radius 2 is 1.22 bits per heavy atom. The van der Waals surface area contributed by atoms with E-state index in [1.165, 1.54) is 18.5 Å². The quantitative estimate of drug-likeness (QED) is 0.539. The SMILES string of the molecule is C.C=P(CC)(CC)CC. The van der Waals surface area contributed by atoms with E-state index >= 15 is 0 Å². The first-order chi connectivity index (χ1) is 3.68. The van der Waals surface area contributed by atoms with Crippen molar-refractivity contribution in [2.45, 2.75) is 28.2 Å². The maximum Gasteiger partial charge on any atom is -0.0361 e. The summed E-state index contributed by atoms with van der Waals surface area (Å²) in [6.45, 7) is 6.11. The van der Waals surface area contributed by atoms with Crippen molar-refractivity contribution < 1.29 is 0 Å². The van der Waals surface area contributed by atoms with Gasteiger partial charge in [0.1, 0.15) is 0 Å². The van der Waals surface area contributed by atoms with Crippen molar-refractivity contribution in [1.82, 2.24) is 0 Å². The summed E-state index contributed by atoms with van der Waals surface area (Å²) < 4.78 is 0. The molecule has 0 heterocycles. The van der Waals surface area contributed by atoms with E-state index in [-0.39, 0.29) is 7.43 Å². The summed E-state index contributed by atoms with van der Waals surface area (Å²) in [6, 6.07) is 0. The fourth-order valence-electron chi connectivity index (χ4n) is 0.671. The van der Waals surface area contributed by atoms with Crippen LogP contribution in [0, 0.1) is 0 Å². The first-order valence-corrected chi connectivity index (χ1v) is 5.92. The lowest BCUT2D eigenvalue weighted by atomic mass is 10.9. The molecule has 0 aromatic rings. The van der Waals surface area contributed by atoms with Gasteiger partial charge >= 0.3 is 0 Å². The van der Waals surface area contributed by atoms with Crippen LogP contribution in [0.25, 0.3) is 0 Å². The molecule has 0 saturated carbocycles. The highest BCUT2D eigenvalue weighted by atomic mass is 31.2. The first-order valence-electron chi connectivity index (χ1n) is 3.39. The van der Waals surface area contributed by atoms with Gasteiger partial charge in [-0.05, 0) is 18.5 Å². The lowest BCUT2D eigenvalue weighted by Gasteiger charge is -2.17. The van der Waals surface area contributed by atoms with Gasteiger partial charge in [-0.15, -0.1) is 13.2 Å². The molecule has 1 heteroatoms. The van der Waals surface area contributed by atoms with Crippen molar-refractivity contribution >= 4 is 13.2 Å². The Morgan fingerprint density at radius 3 is 1.22 bits per heavy atom. The minimum absolute atomic E-state index is 0.